The second-order valence-electron chi connectivity index (χ2n) is 5.21. The third-order valence-corrected chi connectivity index (χ3v) is 4.06. The van der Waals surface area contributed by atoms with Gasteiger partial charge in [-0.3, -0.25) is 4.79 Å². The topological polar surface area (TPSA) is 67.8 Å². The fourth-order valence-corrected chi connectivity index (χ4v) is 2.80. The second-order valence-corrected chi connectivity index (χ2v) is 5.62. The minimum absolute atomic E-state index is 0.0712. The zero-order chi connectivity index (χ0) is 16.4. The number of rotatable bonds is 3. The first kappa shape index (κ1) is 15.5. The Morgan fingerprint density at radius 1 is 1.39 bits per heavy atom. The molecule has 0 saturated heterocycles. The number of carbonyl (C=O) groups is 1. The molecular weight excluding hydrogens is 318 g/mol. The van der Waals surface area contributed by atoms with Crippen LogP contribution in [0.5, 0.6) is 17.2 Å². The van der Waals surface area contributed by atoms with Gasteiger partial charge in [0.25, 0.3) is 5.91 Å². The first-order valence-corrected chi connectivity index (χ1v) is 7.57. The number of aromatic hydroxyl groups is 1. The lowest BCUT2D eigenvalue weighted by Crippen LogP contribution is -2.32. The molecule has 2 aromatic carbocycles. The molecular formula is C17H16ClNO4. The molecule has 0 bridgehead atoms. The maximum absolute atomic E-state index is 12.5. The van der Waals surface area contributed by atoms with Crippen molar-refractivity contribution in [1.29, 1.82) is 0 Å². The summed E-state index contributed by atoms with van der Waals surface area (Å²) >= 11 is 5.94. The predicted molar refractivity (Wildman–Crippen MR) is 86.4 cm³/mol. The Morgan fingerprint density at radius 3 is 2.96 bits per heavy atom. The maximum Gasteiger partial charge on any atom is 0.251 e. The first-order chi connectivity index (χ1) is 11.1. The predicted octanol–water partition coefficient (Wildman–Crippen LogP) is 3.31. The van der Waals surface area contributed by atoms with E-state index in [2.05, 4.69) is 5.32 Å². The summed E-state index contributed by atoms with van der Waals surface area (Å²) in [6.45, 7) is 0.543. The van der Waals surface area contributed by atoms with E-state index in [9.17, 15) is 9.90 Å². The Labute approximate surface area is 138 Å². The Hall–Kier alpha value is -2.40. The molecule has 23 heavy (non-hydrogen) atoms. The molecule has 1 amide bonds. The Kier molecular flexibility index (Phi) is 4.30. The van der Waals surface area contributed by atoms with Crippen molar-refractivity contribution in [2.75, 3.05) is 13.7 Å². The molecule has 0 saturated carbocycles. The van der Waals surface area contributed by atoms with E-state index in [1.807, 2.05) is 24.3 Å². The summed E-state index contributed by atoms with van der Waals surface area (Å²) < 4.78 is 10.6. The van der Waals surface area contributed by atoms with Crippen LogP contribution in [0.25, 0.3) is 0 Å². The zero-order valence-electron chi connectivity index (χ0n) is 12.5. The van der Waals surface area contributed by atoms with E-state index in [0.29, 0.717) is 18.6 Å². The van der Waals surface area contributed by atoms with Gasteiger partial charge in [-0.05, 0) is 18.2 Å². The van der Waals surface area contributed by atoms with Gasteiger partial charge in [-0.25, -0.2) is 0 Å². The molecule has 0 spiro atoms. The van der Waals surface area contributed by atoms with Gasteiger partial charge in [-0.15, -0.1) is 0 Å². The van der Waals surface area contributed by atoms with E-state index >= 15 is 0 Å². The van der Waals surface area contributed by atoms with Gasteiger partial charge >= 0.3 is 0 Å². The highest BCUT2D eigenvalue weighted by Crippen LogP contribution is 2.36. The van der Waals surface area contributed by atoms with E-state index < -0.39 is 0 Å². The number of fused-ring (bicyclic) bond motifs is 1. The maximum atomic E-state index is 12.5. The molecule has 0 fully saturated rings. The number of amides is 1. The normalized spacial score (nSPS) is 16.2. The molecule has 0 radical (unpaired) electrons. The lowest BCUT2D eigenvalue weighted by molar-refractivity contribution is 0.0924. The van der Waals surface area contributed by atoms with Crippen molar-refractivity contribution in [3.05, 3.63) is 52.5 Å². The van der Waals surface area contributed by atoms with Crippen LogP contribution >= 0.6 is 11.6 Å². The molecule has 5 nitrogen and oxygen atoms in total. The van der Waals surface area contributed by atoms with Crippen molar-refractivity contribution in [2.24, 2.45) is 0 Å². The number of para-hydroxylation sites is 1. The van der Waals surface area contributed by atoms with Crippen molar-refractivity contribution in [2.45, 2.75) is 12.5 Å². The summed E-state index contributed by atoms with van der Waals surface area (Å²) in [5.74, 6) is 0.481. The van der Waals surface area contributed by atoms with E-state index in [1.165, 1.54) is 19.2 Å². The lowest BCUT2D eigenvalue weighted by atomic mass is 10.00. The number of carbonyl (C=O) groups excluding carboxylic acids is 1. The highest BCUT2D eigenvalue weighted by atomic mass is 35.5. The summed E-state index contributed by atoms with van der Waals surface area (Å²) in [7, 11) is 1.40. The molecule has 6 heteroatoms. The number of halogens is 1. The van der Waals surface area contributed by atoms with Gasteiger partial charge in [-0.2, -0.15) is 0 Å². The number of hydrogen-bond acceptors (Lipinski definition) is 4. The fraction of sp³-hybridized carbons (Fsp3) is 0.235. The molecule has 1 heterocycles. The molecule has 2 aromatic rings. The van der Waals surface area contributed by atoms with Crippen LogP contribution in [0, 0.1) is 0 Å². The van der Waals surface area contributed by atoms with Crippen molar-refractivity contribution in [3.63, 3.8) is 0 Å². The van der Waals surface area contributed by atoms with Crippen LogP contribution in [0.2, 0.25) is 5.02 Å². The summed E-state index contributed by atoms with van der Waals surface area (Å²) in [5, 5.41) is 12.8. The van der Waals surface area contributed by atoms with Crippen molar-refractivity contribution >= 4 is 17.5 Å². The molecule has 0 unspecified atom stereocenters. The molecule has 0 aliphatic carbocycles. The number of hydrogen-bond donors (Lipinski definition) is 2. The minimum Gasteiger partial charge on any atom is -0.503 e. The van der Waals surface area contributed by atoms with Crippen LogP contribution in [0.3, 0.4) is 0 Å². The quantitative estimate of drug-likeness (QED) is 0.904. The van der Waals surface area contributed by atoms with Gasteiger partial charge < -0.3 is 19.9 Å². The van der Waals surface area contributed by atoms with Gasteiger partial charge in [0.15, 0.2) is 11.5 Å². The Bertz CT molecular complexity index is 747. The van der Waals surface area contributed by atoms with E-state index in [-0.39, 0.29) is 28.5 Å². The largest absolute Gasteiger partial charge is 0.503 e. The molecule has 1 aliphatic heterocycles. The average Bonchev–Trinajstić information content (AvgIpc) is 2.57. The number of phenols is 1. The monoisotopic (exact) mass is 333 g/mol. The summed E-state index contributed by atoms with van der Waals surface area (Å²) in [4.78, 5) is 12.5. The third-order valence-electron chi connectivity index (χ3n) is 3.77. The van der Waals surface area contributed by atoms with Gasteiger partial charge in [0, 0.05) is 17.5 Å². The van der Waals surface area contributed by atoms with Gasteiger partial charge in [-0.1, -0.05) is 29.8 Å². The van der Waals surface area contributed by atoms with Crippen LogP contribution < -0.4 is 14.8 Å². The lowest BCUT2D eigenvalue weighted by Gasteiger charge is -2.26. The number of phenolic OH excluding ortho intramolecular Hbond substituents is 1. The van der Waals surface area contributed by atoms with Crippen molar-refractivity contribution in [3.8, 4) is 17.2 Å². The van der Waals surface area contributed by atoms with Crippen LogP contribution in [0.1, 0.15) is 28.4 Å². The van der Waals surface area contributed by atoms with Crippen molar-refractivity contribution in [1.82, 2.24) is 5.32 Å². The number of nitrogens with one attached hydrogen (secondary N) is 1. The van der Waals surface area contributed by atoms with Gasteiger partial charge in [0.1, 0.15) is 5.75 Å². The van der Waals surface area contributed by atoms with Gasteiger partial charge in [0.05, 0.1) is 24.8 Å². The van der Waals surface area contributed by atoms with Gasteiger partial charge in [0.2, 0.25) is 0 Å². The van der Waals surface area contributed by atoms with Crippen LogP contribution in [-0.4, -0.2) is 24.7 Å². The summed E-state index contributed by atoms with van der Waals surface area (Å²) in [6.07, 6.45) is 0.686. The van der Waals surface area contributed by atoms with Crippen LogP contribution in [0.4, 0.5) is 0 Å². The molecule has 0 aromatic heterocycles. The number of ether oxygens (including phenoxy) is 2. The zero-order valence-corrected chi connectivity index (χ0v) is 13.3. The van der Waals surface area contributed by atoms with E-state index in [1.54, 1.807) is 0 Å². The molecule has 3 rings (SSSR count). The Balaban J connectivity index is 1.85. The number of methoxy groups -OCH3 is 1. The fourth-order valence-electron chi connectivity index (χ4n) is 2.59. The molecule has 2 N–H and O–H groups in total. The third kappa shape index (κ3) is 3.05. The molecule has 1 aliphatic rings. The highest BCUT2D eigenvalue weighted by molar-refractivity contribution is 6.32. The van der Waals surface area contributed by atoms with E-state index in [4.69, 9.17) is 21.1 Å². The van der Waals surface area contributed by atoms with Crippen LogP contribution in [0.15, 0.2) is 36.4 Å². The molecule has 1 atom stereocenters. The SMILES string of the molecule is COc1cc(C(=O)N[C@H]2CCOc3ccccc32)cc(Cl)c1O. The molecule has 120 valence electrons. The number of benzene rings is 2. The average molecular weight is 334 g/mol. The second kappa shape index (κ2) is 6.38. The van der Waals surface area contributed by atoms with E-state index in [0.717, 1.165) is 11.3 Å². The minimum atomic E-state index is -0.285. The summed E-state index contributed by atoms with van der Waals surface area (Å²) in [6, 6.07) is 10.4. The highest BCUT2D eigenvalue weighted by Gasteiger charge is 2.24. The Morgan fingerprint density at radius 2 is 2.17 bits per heavy atom. The first-order valence-electron chi connectivity index (χ1n) is 7.19. The van der Waals surface area contributed by atoms with Crippen molar-refractivity contribution < 1.29 is 19.4 Å². The smallest absolute Gasteiger partial charge is 0.251 e. The standard InChI is InChI=1S/C17H16ClNO4/c1-22-15-9-10(8-12(18)16(15)20)17(21)19-13-6-7-23-14-5-3-2-4-11(13)14/h2-5,8-9,13,20H,6-7H2,1H3,(H,19,21)/t13-/m0/s1. The summed E-state index contributed by atoms with van der Waals surface area (Å²) in [5.41, 5.74) is 1.28. The van der Waals surface area contributed by atoms with Crippen LogP contribution in [-0.2, 0) is 0 Å².